The van der Waals surface area contributed by atoms with Crippen LogP contribution in [0.4, 0.5) is 4.39 Å². The smallest absolute Gasteiger partial charge is 0.216 e. The Kier molecular flexibility index (Phi) is 2.44. The number of aromatic amines is 1. The first-order valence-electron chi connectivity index (χ1n) is 4.60. The summed E-state index contributed by atoms with van der Waals surface area (Å²) in [6, 6.07) is 1.42. The molecule has 2 aromatic rings. The fourth-order valence-corrected chi connectivity index (χ4v) is 2.26. The summed E-state index contributed by atoms with van der Waals surface area (Å²) in [6.07, 6.45) is 0. The standard InChI is InChI=1S/C10H11FIN3/c1-10(2,3)8-7-5(12)4-6(11)13-9(7)15-14-8/h4H,1-3H3,(H,13,14,15). The van der Waals surface area contributed by atoms with Gasteiger partial charge in [0.25, 0.3) is 0 Å². The van der Waals surface area contributed by atoms with Crippen LogP contribution in [0.2, 0.25) is 0 Å². The van der Waals surface area contributed by atoms with Gasteiger partial charge >= 0.3 is 0 Å². The molecule has 0 aliphatic rings. The fraction of sp³-hybridized carbons (Fsp3) is 0.400. The highest BCUT2D eigenvalue weighted by molar-refractivity contribution is 14.1. The molecular formula is C10H11FIN3. The van der Waals surface area contributed by atoms with E-state index in [-0.39, 0.29) is 5.41 Å². The first kappa shape index (κ1) is 10.8. The Morgan fingerprint density at radius 3 is 2.67 bits per heavy atom. The van der Waals surface area contributed by atoms with E-state index in [9.17, 15) is 4.39 Å². The van der Waals surface area contributed by atoms with Crippen LogP contribution in [0.15, 0.2) is 6.07 Å². The quantitative estimate of drug-likeness (QED) is 0.599. The van der Waals surface area contributed by atoms with Gasteiger partial charge in [-0.2, -0.15) is 14.5 Å². The number of aromatic nitrogens is 3. The summed E-state index contributed by atoms with van der Waals surface area (Å²) in [5, 5.41) is 7.88. The van der Waals surface area contributed by atoms with Crippen LogP contribution in [-0.4, -0.2) is 15.2 Å². The average Bonchev–Trinajstić information content (AvgIpc) is 2.45. The highest BCUT2D eigenvalue weighted by atomic mass is 127. The van der Waals surface area contributed by atoms with Gasteiger partial charge in [-0.05, 0) is 22.6 Å². The Bertz CT molecular complexity index is 513. The van der Waals surface area contributed by atoms with Crippen molar-refractivity contribution in [2.75, 3.05) is 0 Å². The number of hydrogen-bond acceptors (Lipinski definition) is 2. The molecule has 2 aromatic heterocycles. The van der Waals surface area contributed by atoms with Crippen molar-refractivity contribution in [2.24, 2.45) is 0 Å². The molecule has 80 valence electrons. The molecule has 15 heavy (non-hydrogen) atoms. The lowest BCUT2D eigenvalue weighted by Gasteiger charge is -2.16. The largest absolute Gasteiger partial charge is 0.279 e. The molecule has 0 bridgehead atoms. The predicted molar refractivity (Wildman–Crippen MR) is 65.3 cm³/mol. The number of pyridine rings is 1. The van der Waals surface area contributed by atoms with Crippen LogP contribution >= 0.6 is 22.6 Å². The Balaban J connectivity index is 2.81. The van der Waals surface area contributed by atoms with E-state index in [0.29, 0.717) is 5.65 Å². The molecular weight excluding hydrogens is 308 g/mol. The summed E-state index contributed by atoms with van der Waals surface area (Å²) in [5.41, 5.74) is 1.40. The van der Waals surface area contributed by atoms with Gasteiger partial charge in [0.2, 0.25) is 5.95 Å². The third-order valence-electron chi connectivity index (χ3n) is 2.19. The van der Waals surface area contributed by atoms with Crippen LogP contribution in [0.3, 0.4) is 0 Å². The van der Waals surface area contributed by atoms with Crippen molar-refractivity contribution in [1.29, 1.82) is 0 Å². The average molecular weight is 319 g/mol. The van der Waals surface area contributed by atoms with Gasteiger partial charge in [-0.25, -0.2) is 0 Å². The summed E-state index contributed by atoms with van der Waals surface area (Å²) in [4.78, 5) is 3.76. The summed E-state index contributed by atoms with van der Waals surface area (Å²) < 4.78 is 13.9. The maximum Gasteiger partial charge on any atom is 0.216 e. The van der Waals surface area contributed by atoms with Crippen molar-refractivity contribution >= 4 is 33.6 Å². The van der Waals surface area contributed by atoms with Gasteiger partial charge in [0.05, 0.1) is 11.1 Å². The van der Waals surface area contributed by atoms with E-state index in [4.69, 9.17) is 0 Å². The minimum absolute atomic E-state index is 0.0474. The number of rotatable bonds is 0. The molecule has 0 saturated heterocycles. The molecule has 2 heterocycles. The van der Waals surface area contributed by atoms with E-state index in [1.54, 1.807) is 0 Å². The number of fused-ring (bicyclic) bond motifs is 1. The highest BCUT2D eigenvalue weighted by Crippen LogP contribution is 2.30. The molecule has 0 amide bonds. The van der Waals surface area contributed by atoms with Gasteiger partial charge in [0.1, 0.15) is 0 Å². The van der Waals surface area contributed by atoms with Crippen molar-refractivity contribution in [2.45, 2.75) is 26.2 Å². The molecule has 0 saturated carbocycles. The third-order valence-corrected chi connectivity index (χ3v) is 3.05. The molecule has 0 aromatic carbocycles. The van der Waals surface area contributed by atoms with Crippen molar-refractivity contribution in [1.82, 2.24) is 15.2 Å². The van der Waals surface area contributed by atoms with Crippen LogP contribution in [-0.2, 0) is 5.41 Å². The minimum Gasteiger partial charge on any atom is -0.279 e. The van der Waals surface area contributed by atoms with E-state index in [1.807, 2.05) is 0 Å². The van der Waals surface area contributed by atoms with Crippen LogP contribution < -0.4 is 0 Å². The van der Waals surface area contributed by atoms with Crippen molar-refractivity contribution < 1.29 is 4.39 Å². The van der Waals surface area contributed by atoms with Crippen LogP contribution in [0.5, 0.6) is 0 Å². The first-order chi connectivity index (χ1) is 6.89. The molecule has 2 rings (SSSR count). The van der Waals surface area contributed by atoms with Crippen molar-refractivity contribution in [3.8, 4) is 0 Å². The zero-order valence-electron chi connectivity index (χ0n) is 8.73. The fourth-order valence-electron chi connectivity index (χ4n) is 1.49. The van der Waals surface area contributed by atoms with Crippen LogP contribution in [0.25, 0.3) is 11.0 Å². The lowest BCUT2D eigenvalue weighted by atomic mass is 9.90. The topological polar surface area (TPSA) is 41.6 Å². The first-order valence-corrected chi connectivity index (χ1v) is 5.68. The van der Waals surface area contributed by atoms with E-state index >= 15 is 0 Å². The normalized spacial score (nSPS) is 12.3. The molecule has 0 atom stereocenters. The highest BCUT2D eigenvalue weighted by Gasteiger charge is 2.22. The van der Waals surface area contributed by atoms with Crippen molar-refractivity contribution in [3.05, 3.63) is 21.3 Å². The van der Waals surface area contributed by atoms with Gasteiger partial charge in [-0.1, -0.05) is 20.8 Å². The van der Waals surface area contributed by atoms with E-state index < -0.39 is 5.95 Å². The van der Waals surface area contributed by atoms with Gasteiger partial charge in [-0.15, -0.1) is 0 Å². The Hall–Kier alpha value is -0.720. The molecule has 5 heteroatoms. The number of H-pyrrole nitrogens is 1. The summed E-state index contributed by atoms with van der Waals surface area (Å²) in [7, 11) is 0. The molecule has 0 spiro atoms. The number of nitrogens with one attached hydrogen (secondary N) is 1. The van der Waals surface area contributed by atoms with E-state index in [0.717, 1.165) is 14.7 Å². The SMILES string of the molecule is CC(C)(C)c1[nH]nc2nc(F)cc(I)c12. The van der Waals surface area contributed by atoms with Gasteiger partial charge in [0, 0.05) is 15.1 Å². The van der Waals surface area contributed by atoms with Gasteiger partial charge in [-0.3, -0.25) is 5.10 Å². The molecule has 0 aliphatic carbocycles. The Morgan fingerprint density at radius 2 is 2.07 bits per heavy atom. The molecule has 0 radical (unpaired) electrons. The second kappa shape index (κ2) is 3.40. The van der Waals surface area contributed by atoms with Gasteiger partial charge < -0.3 is 0 Å². The van der Waals surface area contributed by atoms with Gasteiger partial charge in [0.15, 0.2) is 5.65 Å². The molecule has 0 fully saturated rings. The maximum atomic E-state index is 13.0. The minimum atomic E-state index is -0.487. The molecule has 0 unspecified atom stereocenters. The monoisotopic (exact) mass is 319 g/mol. The second-order valence-electron chi connectivity index (χ2n) is 4.47. The number of nitrogens with zero attached hydrogens (tertiary/aromatic N) is 2. The van der Waals surface area contributed by atoms with Crippen molar-refractivity contribution in [3.63, 3.8) is 0 Å². The zero-order valence-corrected chi connectivity index (χ0v) is 10.9. The Labute approximate surface area is 101 Å². The third kappa shape index (κ3) is 1.84. The van der Waals surface area contributed by atoms with Crippen LogP contribution in [0.1, 0.15) is 26.5 Å². The molecule has 3 nitrogen and oxygen atoms in total. The molecule has 1 N–H and O–H groups in total. The maximum absolute atomic E-state index is 13.0. The summed E-state index contributed by atoms with van der Waals surface area (Å²) in [6.45, 7) is 6.25. The Morgan fingerprint density at radius 1 is 1.40 bits per heavy atom. The number of hydrogen-bond donors (Lipinski definition) is 1. The number of halogens is 2. The van der Waals surface area contributed by atoms with E-state index in [2.05, 4.69) is 58.5 Å². The molecule has 0 aliphatic heterocycles. The van der Waals surface area contributed by atoms with Crippen LogP contribution in [0, 0.1) is 9.52 Å². The lowest BCUT2D eigenvalue weighted by molar-refractivity contribution is 0.571. The lowest BCUT2D eigenvalue weighted by Crippen LogP contribution is -2.12. The zero-order chi connectivity index (χ0) is 11.2. The summed E-state index contributed by atoms with van der Waals surface area (Å²) >= 11 is 2.11. The second-order valence-corrected chi connectivity index (χ2v) is 5.64. The van der Waals surface area contributed by atoms with E-state index in [1.165, 1.54) is 6.07 Å². The predicted octanol–water partition coefficient (Wildman–Crippen LogP) is 3.00. The summed E-state index contributed by atoms with van der Waals surface area (Å²) in [5.74, 6) is -0.487.